The standard InChI is InChI=1S/C20H19FN4O2S/c21-16-8-14-10-26-19(13-4-2-1-3-5-13)27-17(14)15(9-16)11-28-20-24-23-18(25(20)22)12-6-7-12/h1-5,8-9,12,19H,6-7,10-11,22H2/t19-/m0/s1. The molecule has 3 aromatic rings. The number of rotatable bonds is 5. The Morgan fingerprint density at radius 2 is 2.00 bits per heavy atom. The molecule has 0 amide bonds. The van der Waals surface area contributed by atoms with Crippen LogP contribution in [0.2, 0.25) is 0 Å². The molecule has 1 aromatic heterocycles. The fraction of sp³-hybridized carbons (Fsp3) is 0.300. The number of benzene rings is 2. The lowest BCUT2D eigenvalue weighted by molar-refractivity contribution is -0.112. The topological polar surface area (TPSA) is 75.2 Å². The normalized spacial score (nSPS) is 18.5. The quantitative estimate of drug-likeness (QED) is 0.519. The van der Waals surface area contributed by atoms with E-state index in [4.69, 9.17) is 15.3 Å². The van der Waals surface area contributed by atoms with Crippen LogP contribution in [-0.2, 0) is 17.1 Å². The third-order valence-corrected chi connectivity index (χ3v) is 5.88. The van der Waals surface area contributed by atoms with Crippen LogP contribution in [0.25, 0.3) is 0 Å². The Morgan fingerprint density at radius 3 is 2.79 bits per heavy atom. The second-order valence-electron chi connectivity index (χ2n) is 7.00. The molecule has 28 heavy (non-hydrogen) atoms. The van der Waals surface area contributed by atoms with Crippen LogP contribution in [0, 0.1) is 5.82 Å². The summed E-state index contributed by atoms with van der Waals surface area (Å²) in [6, 6.07) is 12.7. The van der Waals surface area contributed by atoms with E-state index in [1.54, 1.807) is 4.68 Å². The van der Waals surface area contributed by atoms with E-state index in [-0.39, 0.29) is 5.82 Å². The number of thioether (sulfide) groups is 1. The highest BCUT2D eigenvalue weighted by atomic mass is 32.2. The molecule has 6 nitrogen and oxygen atoms in total. The zero-order valence-corrected chi connectivity index (χ0v) is 15.9. The lowest BCUT2D eigenvalue weighted by atomic mass is 10.1. The van der Waals surface area contributed by atoms with Crippen molar-refractivity contribution in [2.45, 2.75) is 42.6 Å². The summed E-state index contributed by atoms with van der Waals surface area (Å²) < 4.78 is 27.5. The number of hydrogen-bond donors (Lipinski definition) is 1. The zero-order valence-electron chi connectivity index (χ0n) is 15.0. The van der Waals surface area contributed by atoms with Gasteiger partial charge in [0.15, 0.2) is 5.82 Å². The van der Waals surface area contributed by atoms with Crippen molar-refractivity contribution < 1.29 is 13.9 Å². The summed E-state index contributed by atoms with van der Waals surface area (Å²) >= 11 is 1.42. The molecule has 0 radical (unpaired) electrons. The number of halogens is 1. The fourth-order valence-corrected chi connectivity index (χ4v) is 4.14. The SMILES string of the molecule is Nn1c(SCc2cc(F)cc3c2O[C@@H](c2ccccc2)OC3)nnc1C1CC1. The minimum Gasteiger partial charge on any atom is -0.460 e. The Balaban J connectivity index is 1.39. The average molecular weight is 398 g/mol. The van der Waals surface area contributed by atoms with E-state index in [1.165, 1.54) is 23.9 Å². The smallest absolute Gasteiger partial charge is 0.227 e. The molecule has 0 saturated heterocycles. The van der Waals surface area contributed by atoms with Crippen molar-refractivity contribution in [1.82, 2.24) is 14.9 Å². The average Bonchev–Trinajstić information content (AvgIpc) is 3.49. The predicted molar refractivity (Wildman–Crippen MR) is 103 cm³/mol. The van der Waals surface area contributed by atoms with E-state index in [0.717, 1.165) is 29.8 Å². The first kappa shape index (κ1) is 17.5. The van der Waals surface area contributed by atoms with Crippen LogP contribution >= 0.6 is 11.8 Å². The third-order valence-electron chi connectivity index (χ3n) is 4.88. The number of fused-ring (bicyclic) bond motifs is 1. The summed E-state index contributed by atoms with van der Waals surface area (Å²) in [7, 11) is 0. The van der Waals surface area contributed by atoms with Crippen LogP contribution < -0.4 is 10.6 Å². The number of nitrogens with zero attached hydrogens (tertiary/aromatic N) is 3. The number of hydrogen-bond acceptors (Lipinski definition) is 6. The van der Waals surface area contributed by atoms with Crippen molar-refractivity contribution in [2.75, 3.05) is 5.84 Å². The number of ether oxygens (including phenoxy) is 2. The summed E-state index contributed by atoms with van der Waals surface area (Å²) in [4.78, 5) is 0. The molecular formula is C20H19FN4O2S. The first-order valence-corrected chi connectivity index (χ1v) is 10.2. The molecule has 2 aliphatic rings. The number of nitrogens with two attached hydrogens (primary N) is 1. The van der Waals surface area contributed by atoms with Crippen molar-refractivity contribution in [3.63, 3.8) is 0 Å². The van der Waals surface area contributed by atoms with E-state index in [0.29, 0.717) is 34.7 Å². The second-order valence-corrected chi connectivity index (χ2v) is 7.94. The lowest BCUT2D eigenvalue weighted by Crippen LogP contribution is -2.19. The van der Waals surface area contributed by atoms with E-state index in [2.05, 4.69) is 10.2 Å². The molecule has 0 spiro atoms. The summed E-state index contributed by atoms with van der Waals surface area (Å²) in [6.07, 6.45) is 1.70. The lowest BCUT2D eigenvalue weighted by Gasteiger charge is -2.28. The van der Waals surface area contributed by atoms with Crippen LogP contribution in [0.1, 0.15) is 47.6 Å². The second kappa shape index (κ2) is 7.10. The molecule has 1 atom stereocenters. The molecule has 0 bridgehead atoms. The van der Waals surface area contributed by atoms with Gasteiger partial charge in [-0.3, -0.25) is 0 Å². The number of aromatic nitrogens is 3. The van der Waals surface area contributed by atoms with Gasteiger partial charge >= 0.3 is 0 Å². The van der Waals surface area contributed by atoms with Crippen molar-refractivity contribution in [3.8, 4) is 5.75 Å². The Bertz CT molecular complexity index is 1010. The maximum atomic E-state index is 14.1. The van der Waals surface area contributed by atoms with Gasteiger partial charge in [0.25, 0.3) is 0 Å². The predicted octanol–water partition coefficient (Wildman–Crippen LogP) is 3.91. The van der Waals surface area contributed by atoms with E-state index in [1.807, 2.05) is 30.3 Å². The molecule has 5 rings (SSSR count). The molecule has 2 N–H and O–H groups in total. The molecule has 8 heteroatoms. The van der Waals surface area contributed by atoms with E-state index >= 15 is 0 Å². The molecule has 0 unspecified atom stereocenters. The highest BCUT2D eigenvalue weighted by Crippen LogP contribution is 2.41. The van der Waals surface area contributed by atoms with Crippen LogP contribution in [0.4, 0.5) is 4.39 Å². The van der Waals surface area contributed by atoms with Crippen LogP contribution in [0.5, 0.6) is 5.75 Å². The van der Waals surface area contributed by atoms with Gasteiger partial charge in [-0.15, -0.1) is 10.2 Å². The van der Waals surface area contributed by atoms with Crippen LogP contribution in [0.15, 0.2) is 47.6 Å². The molecule has 2 heterocycles. The molecule has 1 aliphatic carbocycles. The first-order valence-electron chi connectivity index (χ1n) is 9.16. The van der Waals surface area contributed by atoms with Crippen molar-refractivity contribution in [1.29, 1.82) is 0 Å². The largest absolute Gasteiger partial charge is 0.460 e. The van der Waals surface area contributed by atoms with Crippen molar-refractivity contribution in [3.05, 3.63) is 70.8 Å². The van der Waals surface area contributed by atoms with Gasteiger partial charge in [0.1, 0.15) is 11.6 Å². The van der Waals surface area contributed by atoms with Gasteiger partial charge in [-0.25, -0.2) is 9.07 Å². The Hall–Kier alpha value is -2.58. The maximum absolute atomic E-state index is 14.1. The highest BCUT2D eigenvalue weighted by molar-refractivity contribution is 7.98. The fourth-order valence-electron chi connectivity index (χ4n) is 3.31. The Morgan fingerprint density at radius 1 is 1.18 bits per heavy atom. The summed E-state index contributed by atoms with van der Waals surface area (Å²) in [5.74, 6) is 8.18. The summed E-state index contributed by atoms with van der Waals surface area (Å²) in [6.45, 7) is 0.295. The molecule has 1 saturated carbocycles. The van der Waals surface area contributed by atoms with Gasteiger partial charge in [-0.05, 0) is 25.0 Å². The molecule has 1 fully saturated rings. The highest BCUT2D eigenvalue weighted by Gasteiger charge is 2.30. The van der Waals surface area contributed by atoms with Gasteiger partial charge < -0.3 is 15.3 Å². The third kappa shape index (κ3) is 3.33. The van der Waals surface area contributed by atoms with Crippen LogP contribution in [-0.4, -0.2) is 14.9 Å². The minimum absolute atomic E-state index is 0.295. The van der Waals surface area contributed by atoms with Crippen molar-refractivity contribution >= 4 is 11.8 Å². The van der Waals surface area contributed by atoms with Crippen LogP contribution in [0.3, 0.4) is 0 Å². The molecule has 144 valence electrons. The van der Waals surface area contributed by atoms with E-state index < -0.39 is 6.29 Å². The van der Waals surface area contributed by atoms with Gasteiger partial charge in [-0.1, -0.05) is 42.1 Å². The first-order chi connectivity index (χ1) is 13.7. The Kier molecular flexibility index (Phi) is 4.44. The molecular weight excluding hydrogens is 379 g/mol. The Labute approximate surface area is 165 Å². The van der Waals surface area contributed by atoms with Gasteiger partial charge in [0.05, 0.1) is 6.61 Å². The van der Waals surface area contributed by atoms with Gasteiger partial charge in [0, 0.05) is 28.4 Å². The summed E-state index contributed by atoms with van der Waals surface area (Å²) in [5, 5.41) is 8.99. The monoisotopic (exact) mass is 398 g/mol. The van der Waals surface area contributed by atoms with E-state index in [9.17, 15) is 4.39 Å². The van der Waals surface area contributed by atoms with Gasteiger partial charge in [0.2, 0.25) is 11.4 Å². The molecule has 1 aliphatic heterocycles. The minimum atomic E-state index is -0.512. The maximum Gasteiger partial charge on any atom is 0.227 e. The number of nitrogen functional groups attached to an aromatic ring is 1. The summed E-state index contributed by atoms with van der Waals surface area (Å²) in [5.41, 5.74) is 2.38. The zero-order chi connectivity index (χ0) is 19.1. The molecule has 2 aromatic carbocycles. The van der Waals surface area contributed by atoms with Gasteiger partial charge in [-0.2, -0.15) is 0 Å². The van der Waals surface area contributed by atoms with Crippen molar-refractivity contribution in [2.24, 2.45) is 0 Å².